The van der Waals surface area contributed by atoms with Crippen LogP contribution in [0.1, 0.15) is 38.2 Å². The van der Waals surface area contributed by atoms with E-state index in [1.807, 2.05) is 0 Å². The summed E-state index contributed by atoms with van der Waals surface area (Å²) in [6, 6.07) is 13.3. The molecule has 0 saturated heterocycles. The number of unbranched alkanes of at least 4 members (excludes halogenated alkanes) is 1. The van der Waals surface area contributed by atoms with Crippen LogP contribution in [0.4, 0.5) is 0 Å². The topological polar surface area (TPSA) is 0 Å². The molecule has 109 valence electrons. The van der Waals surface area contributed by atoms with Crippen molar-refractivity contribution in [2.24, 2.45) is 0 Å². The van der Waals surface area contributed by atoms with Crippen LogP contribution in [0.15, 0.2) is 54.1 Å². The van der Waals surface area contributed by atoms with Gasteiger partial charge < -0.3 is 34.0 Å². The van der Waals surface area contributed by atoms with Crippen molar-refractivity contribution in [3.8, 4) is 0 Å². The SMILES string of the molecule is CCCCC1=C(c2cc3ccccc3[cH-]2)CC=C1.[Br-].[Br-].[Zr+3]. The molecule has 21 heavy (non-hydrogen) atoms. The fourth-order valence-corrected chi connectivity index (χ4v) is 2.78. The number of fused-ring (bicyclic) bond motifs is 1. The van der Waals surface area contributed by atoms with Crippen molar-refractivity contribution in [1.29, 1.82) is 0 Å². The van der Waals surface area contributed by atoms with Crippen molar-refractivity contribution in [2.75, 3.05) is 0 Å². The van der Waals surface area contributed by atoms with Crippen molar-refractivity contribution in [1.82, 2.24) is 0 Å². The van der Waals surface area contributed by atoms with Gasteiger partial charge >= 0.3 is 26.2 Å². The normalized spacial score (nSPS) is 12.8. The van der Waals surface area contributed by atoms with Gasteiger partial charge in [-0.2, -0.15) is 0 Å². The van der Waals surface area contributed by atoms with Crippen LogP contribution >= 0.6 is 0 Å². The van der Waals surface area contributed by atoms with Crippen molar-refractivity contribution in [3.63, 3.8) is 0 Å². The van der Waals surface area contributed by atoms with Gasteiger partial charge in [-0.3, -0.25) is 0 Å². The average Bonchev–Trinajstić information content (AvgIpc) is 3.01. The first-order valence-corrected chi connectivity index (χ1v) is 6.93. The van der Waals surface area contributed by atoms with Gasteiger partial charge in [0.2, 0.25) is 0 Å². The van der Waals surface area contributed by atoms with E-state index in [1.54, 1.807) is 11.1 Å². The molecule has 0 bridgehead atoms. The molecule has 1 radical (unpaired) electrons. The van der Waals surface area contributed by atoms with Gasteiger partial charge in [0.05, 0.1) is 0 Å². The second-order valence-electron chi connectivity index (χ2n) is 5.09. The Kier molecular flexibility index (Phi) is 10.1. The summed E-state index contributed by atoms with van der Waals surface area (Å²) in [6.07, 6.45) is 9.52. The molecular weight excluding hydrogens is 467 g/mol. The Morgan fingerprint density at radius 2 is 1.90 bits per heavy atom. The minimum absolute atomic E-state index is 0. The Labute approximate surface area is 167 Å². The third-order valence-electron chi connectivity index (χ3n) is 3.79. The molecule has 1 aliphatic carbocycles. The van der Waals surface area contributed by atoms with E-state index in [1.165, 1.54) is 35.6 Å². The van der Waals surface area contributed by atoms with Gasteiger partial charge in [0.1, 0.15) is 0 Å². The van der Waals surface area contributed by atoms with E-state index in [9.17, 15) is 0 Å². The van der Waals surface area contributed by atoms with Gasteiger partial charge in [0, 0.05) is 0 Å². The minimum Gasteiger partial charge on any atom is -1.00 e. The molecule has 0 heterocycles. The zero-order chi connectivity index (χ0) is 12.4. The van der Waals surface area contributed by atoms with Crippen LogP contribution in [0.3, 0.4) is 0 Å². The Morgan fingerprint density at radius 1 is 1.14 bits per heavy atom. The summed E-state index contributed by atoms with van der Waals surface area (Å²) < 4.78 is 0. The van der Waals surface area contributed by atoms with Crippen LogP contribution in [0.5, 0.6) is 0 Å². The van der Waals surface area contributed by atoms with Gasteiger partial charge in [0.15, 0.2) is 0 Å². The van der Waals surface area contributed by atoms with Crippen LogP contribution in [0, 0.1) is 0 Å². The molecule has 0 amide bonds. The number of rotatable bonds is 4. The summed E-state index contributed by atoms with van der Waals surface area (Å²) >= 11 is 0. The molecule has 0 aliphatic heterocycles. The summed E-state index contributed by atoms with van der Waals surface area (Å²) in [7, 11) is 0. The average molecular weight is 486 g/mol. The fraction of sp³-hybridized carbons (Fsp3) is 0.278. The first-order chi connectivity index (χ1) is 8.88. The number of hydrogen-bond acceptors (Lipinski definition) is 0. The maximum atomic E-state index is 2.34. The van der Waals surface area contributed by atoms with Crippen molar-refractivity contribution < 1.29 is 60.2 Å². The zero-order valence-electron chi connectivity index (χ0n) is 12.2. The molecule has 2 aromatic carbocycles. The number of halogens is 2. The quantitative estimate of drug-likeness (QED) is 0.510. The summed E-state index contributed by atoms with van der Waals surface area (Å²) in [6.45, 7) is 2.26. The van der Waals surface area contributed by atoms with Crippen molar-refractivity contribution >= 4 is 16.3 Å². The number of allylic oxidation sites excluding steroid dienone is 4. The Morgan fingerprint density at radius 3 is 2.62 bits per heavy atom. The maximum Gasteiger partial charge on any atom is 3.00 e. The molecule has 0 N–H and O–H groups in total. The predicted octanol–water partition coefficient (Wildman–Crippen LogP) is -0.532. The first kappa shape index (κ1) is 21.2. The molecule has 0 spiro atoms. The van der Waals surface area contributed by atoms with Crippen LogP contribution in [0.25, 0.3) is 16.3 Å². The van der Waals surface area contributed by atoms with Crippen LogP contribution in [0.2, 0.25) is 0 Å². The van der Waals surface area contributed by atoms with Gasteiger partial charge in [-0.1, -0.05) is 61.3 Å². The first-order valence-electron chi connectivity index (χ1n) is 6.93. The molecule has 0 saturated carbocycles. The van der Waals surface area contributed by atoms with E-state index in [0.717, 1.165) is 6.42 Å². The molecule has 0 unspecified atom stereocenters. The van der Waals surface area contributed by atoms with Crippen LogP contribution in [-0.2, 0) is 26.2 Å². The van der Waals surface area contributed by atoms with Crippen molar-refractivity contribution in [2.45, 2.75) is 32.6 Å². The molecule has 1 aliphatic rings. The summed E-state index contributed by atoms with van der Waals surface area (Å²) in [5.74, 6) is 0. The second kappa shape index (κ2) is 10.0. The Balaban J connectivity index is 0.00000133. The van der Waals surface area contributed by atoms with Gasteiger partial charge in [-0.15, -0.1) is 34.5 Å². The molecule has 0 fully saturated rings. The summed E-state index contributed by atoms with van der Waals surface area (Å²) in [5.41, 5.74) is 4.51. The largest absolute Gasteiger partial charge is 3.00 e. The number of benzene rings is 1. The van der Waals surface area contributed by atoms with E-state index in [0.29, 0.717) is 0 Å². The van der Waals surface area contributed by atoms with E-state index in [4.69, 9.17) is 0 Å². The summed E-state index contributed by atoms with van der Waals surface area (Å²) in [5, 5.41) is 2.73. The Hall–Kier alpha value is 0.153. The predicted molar refractivity (Wildman–Crippen MR) is 79.7 cm³/mol. The number of hydrogen-bond donors (Lipinski definition) is 0. The van der Waals surface area contributed by atoms with Gasteiger partial charge in [-0.05, 0) is 12.8 Å². The third-order valence-corrected chi connectivity index (χ3v) is 3.79. The Bertz CT molecular complexity index is 590. The standard InChI is InChI=1S/C18H19.2BrH.Zr/c1-2-3-7-14-10-6-11-18(14)17-12-15-8-4-5-9-16(15)13-17;;;/h4-6,8-10,12-13H,2-3,7,11H2,1H3;2*1H;/q-1;;;+3/p-2. The van der Waals surface area contributed by atoms with Crippen LogP contribution in [-0.4, -0.2) is 0 Å². The molecule has 0 nitrogen and oxygen atoms in total. The van der Waals surface area contributed by atoms with Crippen molar-refractivity contribution in [3.05, 3.63) is 59.7 Å². The monoisotopic (exact) mass is 483 g/mol. The summed E-state index contributed by atoms with van der Waals surface area (Å²) in [4.78, 5) is 0. The van der Waals surface area contributed by atoms with Crippen LogP contribution < -0.4 is 34.0 Å². The molecule has 3 heteroatoms. The zero-order valence-corrected chi connectivity index (χ0v) is 17.8. The molecular formula is C18H19Br2Zr. The maximum absolute atomic E-state index is 2.34. The molecule has 3 rings (SSSR count). The second-order valence-corrected chi connectivity index (χ2v) is 5.09. The smallest absolute Gasteiger partial charge is 1.00 e. The van der Waals surface area contributed by atoms with E-state index < -0.39 is 0 Å². The van der Waals surface area contributed by atoms with E-state index in [2.05, 4.69) is 55.5 Å². The minimum atomic E-state index is 0. The van der Waals surface area contributed by atoms with E-state index in [-0.39, 0.29) is 60.2 Å². The third kappa shape index (κ3) is 4.81. The molecule has 0 atom stereocenters. The molecule has 2 aromatic rings. The van der Waals surface area contributed by atoms with E-state index >= 15 is 0 Å². The van der Waals surface area contributed by atoms with Gasteiger partial charge in [0.25, 0.3) is 0 Å². The fourth-order valence-electron chi connectivity index (χ4n) is 2.78. The van der Waals surface area contributed by atoms with Gasteiger partial charge in [-0.25, -0.2) is 0 Å². The molecule has 0 aromatic heterocycles.